The molecule has 1 N–H and O–H groups in total. The molecular weight excluding hydrogens is 489 g/mol. The minimum atomic E-state index is 0.348. The van der Waals surface area contributed by atoms with Gasteiger partial charge in [-0.15, -0.1) is 0 Å². The van der Waals surface area contributed by atoms with Crippen molar-refractivity contribution < 1.29 is 4.74 Å². The number of aryl methyl sites for hydroxylation is 3. The average molecular weight is 513 g/mol. The summed E-state index contributed by atoms with van der Waals surface area (Å²) in [6.07, 6.45) is 1.76. The van der Waals surface area contributed by atoms with E-state index < -0.39 is 0 Å². The Balaban J connectivity index is 1.90. The van der Waals surface area contributed by atoms with E-state index >= 15 is 0 Å². The summed E-state index contributed by atoms with van der Waals surface area (Å²) in [5.41, 5.74) is 10.6. The summed E-state index contributed by atoms with van der Waals surface area (Å²) in [5.74, 6) is 0.433. The van der Waals surface area contributed by atoms with E-state index in [0.29, 0.717) is 18.0 Å². The summed E-state index contributed by atoms with van der Waals surface area (Å²) < 4.78 is 8.66. The van der Waals surface area contributed by atoms with Crippen LogP contribution in [-0.4, -0.2) is 22.9 Å². The minimum Gasteiger partial charge on any atom is -0.380 e. The third-order valence-corrected chi connectivity index (χ3v) is 6.10. The molecule has 0 atom stereocenters. The number of nitrogens with one attached hydrogen (secondary N) is 1. The van der Waals surface area contributed by atoms with Crippen LogP contribution in [0.25, 0.3) is 5.69 Å². The summed E-state index contributed by atoms with van der Waals surface area (Å²) in [6, 6.07) is 12.6. The van der Waals surface area contributed by atoms with Gasteiger partial charge in [-0.25, -0.2) is 4.98 Å². The third kappa shape index (κ3) is 4.55. The van der Waals surface area contributed by atoms with E-state index in [2.05, 4.69) is 93.8 Å². The maximum absolute atomic E-state index is 9.54. The van der Waals surface area contributed by atoms with Crippen LogP contribution >= 0.6 is 22.6 Å². The predicted molar refractivity (Wildman–Crippen MR) is 128 cm³/mol. The lowest BCUT2D eigenvalue weighted by atomic mass is 10.1. The highest BCUT2D eigenvalue weighted by Gasteiger charge is 2.12. The first kappa shape index (κ1) is 22.0. The second-order valence-electron chi connectivity index (χ2n) is 7.16. The van der Waals surface area contributed by atoms with Crippen molar-refractivity contribution in [2.24, 2.45) is 5.10 Å². The van der Waals surface area contributed by atoms with Crippen LogP contribution in [0.1, 0.15) is 39.3 Å². The van der Waals surface area contributed by atoms with Gasteiger partial charge in [-0.3, -0.25) is 5.43 Å². The number of hydrogen-bond donors (Lipinski definition) is 1. The first-order chi connectivity index (χ1) is 14.3. The number of nitrogens with zero attached hydrogens (tertiary/aromatic N) is 4. The fourth-order valence-corrected chi connectivity index (χ4v) is 3.80. The zero-order chi connectivity index (χ0) is 21.8. The fourth-order valence-electron chi connectivity index (χ4n) is 3.46. The molecule has 3 rings (SSSR count). The van der Waals surface area contributed by atoms with Crippen molar-refractivity contribution in [3.05, 3.63) is 73.2 Å². The van der Waals surface area contributed by atoms with Crippen molar-refractivity contribution >= 4 is 34.6 Å². The average Bonchev–Trinajstić information content (AvgIpc) is 2.98. The molecule has 0 saturated heterocycles. The molecule has 0 unspecified atom stereocenters. The Kier molecular flexibility index (Phi) is 6.90. The summed E-state index contributed by atoms with van der Waals surface area (Å²) in [6.45, 7) is 8.50. The zero-order valence-corrected chi connectivity index (χ0v) is 19.9. The number of nitriles is 1. The molecule has 6 nitrogen and oxygen atoms in total. The molecule has 2 heterocycles. The molecule has 0 aliphatic carbocycles. The van der Waals surface area contributed by atoms with Gasteiger partial charge in [0.2, 0.25) is 0 Å². The van der Waals surface area contributed by atoms with E-state index in [1.165, 1.54) is 9.13 Å². The number of aromatic nitrogens is 2. The molecule has 0 saturated carbocycles. The van der Waals surface area contributed by atoms with E-state index in [1.807, 2.05) is 13.0 Å². The minimum absolute atomic E-state index is 0.348. The smallest absolute Gasteiger partial charge is 0.164 e. The molecule has 0 fully saturated rings. The van der Waals surface area contributed by atoms with Gasteiger partial charge in [0.25, 0.3) is 0 Å². The molecule has 0 aliphatic rings. The Hall–Kier alpha value is -2.70. The van der Waals surface area contributed by atoms with Crippen LogP contribution in [0.2, 0.25) is 0 Å². The van der Waals surface area contributed by atoms with Crippen LogP contribution in [0, 0.1) is 42.6 Å². The lowest BCUT2D eigenvalue weighted by Gasteiger charge is -2.11. The van der Waals surface area contributed by atoms with Gasteiger partial charge in [-0.05, 0) is 86.2 Å². The number of halogens is 1. The number of hydrogen-bond acceptors (Lipinski definition) is 5. The maximum Gasteiger partial charge on any atom is 0.164 e. The Morgan fingerprint density at radius 1 is 1.23 bits per heavy atom. The Labute approximate surface area is 190 Å². The number of ether oxygens (including phenoxy) is 1. The summed E-state index contributed by atoms with van der Waals surface area (Å²) >= 11 is 2.35. The first-order valence-corrected chi connectivity index (χ1v) is 10.6. The van der Waals surface area contributed by atoms with Crippen LogP contribution in [0.3, 0.4) is 0 Å². The summed E-state index contributed by atoms with van der Waals surface area (Å²) in [4.78, 5) is 4.42. The largest absolute Gasteiger partial charge is 0.380 e. The maximum atomic E-state index is 9.54. The molecular formula is C23H24IN5O. The first-order valence-electron chi connectivity index (χ1n) is 9.49. The van der Waals surface area contributed by atoms with Crippen LogP contribution < -0.4 is 5.43 Å². The van der Waals surface area contributed by atoms with Gasteiger partial charge in [-0.1, -0.05) is 0 Å². The zero-order valence-electron chi connectivity index (χ0n) is 17.7. The van der Waals surface area contributed by atoms with Crippen LogP contribution in [0.4, 0.5) is 5.82 Å². The third-order valence-electron chi connectivity index (χ3n) is 4.88. The molecule has 3 aromatic rings. The molecule has 30 heavy (non-hydrogen) atoms. The number of benzene rings is 1. The molecule has 7 heteroatoms. The SMILES string of the molecule is COCc1cc(C)nc(N/N=C/c2cc(C)n(-c3ccc(I)c(C)c3)c2C)c1C#N. The quantitative estimate of drug-likeness (QED) is 0.280. The van der Waals surface area contributed by atoms with E-state index in [0.717, 1.165) is 33.9 Å². The van der Waals surface area contributed by atoms with Gasteiger partial charge >= 0.3 is 0 Å². The fraction of sp³-hybridized carbons (Fsp3) is 0.261. The Morgan fingerprint density at radius 3 is 2.67 bits per heavy atom. The monoisotopic (exact) mass is 513 g/mol. The highest BCUT2D eigenvalue weighted by atomic mass is 127. The molecule has 0 aliphatic heterocycles. The van der Waals surface area contributed by atoms with Gasteiger partial charge in [0.05, 0.1) is 12.8 Å². The van der Waals surface area contributed by atoms with Crippen molar-refractivity contribution in [1.82, 2.24) is 9.55 Å². The topological polar surface area (TPSA) is 75.2 Å². The summed E-state index contributed by atoms with van der Waals surface area (Å²) in [7, 11) is 1.60. The lowest BCUT2D eigenvalue weighted by Crippen LogP contribution is -2.04. The normalized spacial score (nSPS) is 11.1. The molecule has 0 spiro atoms. The molecule has 154 valence electrons. The Bertz CT molecular complexity index is 1160. The van der Waals surface area contributed by atoms with Crippen LogP contribution in [-0.2, 0) is 11.3 Å². The van der Waals surface area contributed by atoms with Gasteiger partial charge < -0.3 is 9.30 Å². The van der Waals surface area contributed by atoms with Gasteiger partial charge in [0.15, 0.2) is 5.82 Å². The molecule has 0 amide bonds. The lowest BCUT2D eigenvalue weighted by molar-refractivity contribution is 0.184. The van der Waals surface area contributed by atoms with Crippen molar-refractivity contribution in [2.75, 3.05) is 12.5 Å². The highest BCUT2D eigenvalue weighted by Crippen LogP contribution is 2.23. The van der Waals surface area contributed by atoms with E-state index in [1.54, 1.807) is 13.3 Å². The van der Waals surface area contributed by atoms with Gasteiger partial charge in [0.1, 0.15) is 11.6 Å². The predicted octanol–water partition coefficient (Wildman–Crippen LogP) is 5.17. The van der Waals surface area contributed by atoms with Crippen molar-refractivity contribution in [3.63, 3.8) is 0 Å². The standard InChI is InChI=1S/C23H24IN5O/c1-14-8-20(6-7-22(14)24)29-16(3)10-18(17(29)4)12-26-28-23-21(11-25)19(13-30-5)9-15(2)27-23/h6-10,12H,13H2,1-5H3,(H,27,28)/b26-12+. The highest BCUT2D eigenvalue weighted by molar-refractivity contribution is 14.1. The van der Waals surface area contributed by atoms with E-state index in [9.17, 15) is 5.26 Å². The van der Waals surface area contributed by atoms with Crippen molar-refractivity contribution in [3.8, 4) is 11.8 Å². The molecule has 2 aromatic heterocycles. The molecule has 0 radical (unpaired) electrons. The number of methoxy groups -OCH3 is 1. The molecule has 0 bridgehead atoms. The van der Waals surface area contributed by atoms with E-state index in [-0.39, 0.29) is 0 Å². The second-order valence-corrected chi connectivity index (χ2v) is 8.32. The van der Waals surface area contributed by atoms with E-state index in [4.69, 9.17) is 4.74 Å². The van der Waals surface area contributed by atoms with Gasteiger partial charge in [0, 0.05) is 44.6 Å². The number of hydrazone groups is 1. The van der Waals surface area contributed by atoms with Crippen molar-refractivity contribution in [1.29, 1.82) is 5.26 Å². The summed E-state index contributed by atoms with van der Waals surface area (Å²) in [5, 5.41) is 13.9. The van der Waals surface area contributed by atoms with Crippen LogP contribution in [0.15, 0.2) is 35.4 Å². The molecule has 1 aromatic carbocycles. The number of rotatable bonds is 6. The van der Waals surface area contributed by atoms with Crippen molar-refractivity contribution in [2.45, 2.75) is 34.3 Å². The van der Waals surface area contributed by atoms with Crippen LogP contribution in [0.5, 0.6) is 0 Å². The van der Waals surface area contributed by atoms with Gasteiger partial charge in [-0.2, -0.15) is 10.4 Å². The second kappa shape index (κ2) is 9.41. The number of anilines is 1. The number of pyridine rings is 1. The Morgan fingerprint density at radius 2 is 2.00 bits per heavy atom.